The molecule has 14 heteroatoms. The van der Waals surface area contributed by atoms with Crippen LogP contribution in [0.4, 0.5) is 9.59 Å². The molecule has 0 unspecified atom stereocenters. The molecule has 2 rings (SSSR count). The third-order valence-corrected chi connectivity index (χ3v) is 5.66. The summed E-state index contributed by atoms with van der Waals surface area (Å²) in [6, 6.07) is 12.5. The molecule has 0 radical (unpaired) electrons. The van der Waals surface area contributed by atoms with Crippen molar-refractivity contribution in [3.05, 3.63) is 59.7 Å². The predicted molar refractivity (Wildman–Crippen MR) is 150 cm³/mol. The van der Waals surface area contributed by atoms with Gasteiger partial charge in [-0.3, -0.25) is 9.78 Å². The molecule has 44 heavy (non-hydrogen) atoms. The van der Waals surface area contributed by atoms with Gasteiger partial charge in [0.1, 0.15) is 11.5 Å². The summed E-state index contributed by atoms with van der Waals surface area (Å²) in [5.41, 5.74) is 0.323. The Morgan fingerprint density at radius 1 is 0.523 bits per heavy atom. The average Bonchev–Trinajstić information content (AvgIpc) is 3.02. The predicted octanol–water partition coefficient (Wildman–Crippen LogP) is 6.62. The molecule has 0 aliphatic rings. The number of ether oxygens (including phenoxy) is 4. The molecule has 0 atom stereocenters. The largest absolute Gasteiger partial charge is 0.543 e. The monoisotopic (exact) mass is 622 g/mol. The zero-order valence-electron chi connectivity index (χ0n) is 24.8. The number of benzene rings is 2. The van der Waals surface area contributed by atoms with Crippen LogP contribution in [0, 0.1) is 0 Å². The van der Waals surface area contributed by atoms with E-state index in [0.717, 1.165) is 38.5 Å². The quantitative estimate of drug-likeness (QED) is 0.0632. The van der Waals surface area contributed by atoms with E-state index in [2.05, 4.69) is 29.6 Å². The van der Waals surface area contributed by atoms with Crippen molar-refractivity contribution in [2.24, 2.45) is 0 Å². The first-order valence-corrected chi connectivity index (χ1v) is 14.3. The minimum atomic E-state index is -1.12. The fourth-order valence-corrected chi connectivity index (χ4v) is 3.63. The third kappa shape index (κ3) is 15.6. The maximum absolute atomic E-state index is 11.9. The Morgan fingerprint density at radius 2 is 0.909 bits per heavy atom. The molecule has 14 nitrogen and oxygen atoms in total. The summed E-state index contributed by atoms with van der Waals surface area (Å²) in [4.78, 5) is 64.2. The zero-order valence-corrected chi connectivity index (χ0v) is 24.8. The maximum atomic E-state index is 11.9. The maximum Gasteiger partial charge on any atom is 0.543 e. The summed E-state index contributed by atoms with van der Waals surface area (Å²) < 4.78 is 20.3. The number of hydrogen-bond acceptors (Lipinski definition) is 14. The number of rotatable bonds is 21. The molecule has 0 saturated heterocycles. The van der Waals surface area contributed by atoms with Crippen molar-refractivity contribution in [2.45, 2.75) is 65.2 Å². The first-order valence-electron chi connectivity index (χ1n) is 14.3. The lowest BCUT2D eigenvalue weighted by atomic mass is 10.1. The van der Waals surface area contributed by atoms with Crippen molar-refractivity contribution >= 4 is 24.2 Å². The number of unbranched alkanes of at least 4 members (excludes halogenated alkanes) is 7. The molecule has 0 saturated carbocycles. The number of carbonyl (C=O) groups excluding carboxylic acids is 4. The van der Waals surface area contributed by atoms with Gasteiger partial charge in [-0.25, -0.2) is 29.0 Å². The first-order chi connectivity index (χ1) is 21.4. The third-order valence-electron chi connectivity index (χ3n) is 5.66. The molecule has 2 aromatic carbocycles. The Balaban J connectivity index is 1.37. The van der Waals surface area contributed by atoms with Gasteiger partial charge in [0.2, 0.25) is 0 Å². The molecule has 0 aliphatic heterocycles. The molecular formula is C30H38O14. The van der Waals surface area contributed by atoms with E-state index in [1.165, 1.54) is 24.3 Å². The summed E-state index contributed by atoms with van der Waals surface area (Å²) in [5.74, 6) is -0.744. The fourth-order valence-electron chi connectivity index (χ4n) is 3.63. The van der Waals surface area contributed by atoms with Gasteiger partial charge in [0.15, 0.2) is 0 Å². The van der Waals surface area contributed by atoms with E-state index in [-0.39, 0.29) is 24.3 Å². The molecule has 242 valence electrons. The molecule has 0 aromatic heterocycles. The first kappa shape index (κ1) is 35.6. The topological polar surface area (TPSA) is 161 Å². The second-order valence-corrected chi connectivity index (χ2v) is 8.99. The van der Waals surface area contributed by atoms with Gasteiger partial charge < -0.3 is 18.9 Å². The van der Waals surface area contributed by atoms with E-state index in [0.29, 0.717) is 37.6 Å². The van der Waals surface area contributed by atoms with E-state index in [9.17, 15) is 19.2 Å². The normalized spacial score (nSPS) is 10.3. The summed E-state index contributed by atoms with van der Waals surface area (Å²) in [5, 5.41) is 8.40. The molecule has 2 aromatic rings. The van der Waals surface area contributed by atoms with Crippen LogP contribution in [0.25, 0.3) is 0 Å². The van der Waals surface area contributed by atoms with Crippen molar-refractivity contribution in [3.8, 4) is 11.5 Å². The second kappa shape index (κ2) is 22.0. The molecule has 0 bridgehead atoms. The SMILES string of the molecule is CCOc1cccc(C(=O)OOOC(=O)OCCCCCCCCCCOC(=O)OOOC(=O)c2cccc(OCC)c2)c1. The second-order valence-electron chi connectivity index (χ2n) is 8.99. The number of carbonyl (C=O) groups is 4. The van der Waals surface area contributed by atoms with Gasteiger partial charge in [0.05, 0.1) is 47.6 Å². The van der Waals surface area contributed by atoms with Crippen LogP contribution in [0.1, 0.15) is 85.9 Å². The Kier molecular flexibility index (Phi) is 17.9. The molecular weight excluding hydrogens is 584 g/mol. The van der Waals surface area contributed by atoms with E-state index in [4.69, 9.17) is 18.9 Å². The lowest BCUT2D eigenvalue weighted by molar-refractivity contribution is -0.452. The standard InChI is InChI=1S/C30H38O14/c1-3-35-25-17-13-15-23(21-25)27(31)39-43-41-29(33)37-19-11-9-7-5-6-8-10-12-20-38-30(34)42-44-40-28(32)24-16-14-18-26(22-24)36-4-2/h13-18,21-22H,3-12,19-20H2,1-2H3. The van der Waals surface area contributed by atoms with Crippen LogP contribution in [-0.2, 0) is 39.1 Å². The highest BCUT2D eigenvalue weighted by molar-refractivity contribution is 5.89. The molecule has 0 N–H and O–H groups in total. The molecule has 0 fully saturated rings. The van der Waals surface area contributed by atoms with Crippen molar-refractivity contribution in [1.29, 1.82) is 0 Å². The summed E-state index contributed by atoms with van der Waals surface area (Å²) in [6.45, 7) is 4.76. The molecule has 0 spiro atoms. The van der Waals surface area contributed by atoms with Gasteiger partial charge in [0.25, 0.3) is 0 Å². The van der Waals surface area contributed by atoms with Crippen LogP contribution in [0.3, 0.4) is 0 Å². The lowest BCUT2D eigenvalue weighted by Crippen LogP contribution is -2.12. The van der Waals surface area contributed by atoms with Crippen molar-refractivity contribution in [1.82, 2.24) is 0 Å². The molecule has 0 aliphatic carbocycles. The van der Waals surface area contributed by atoms with Gasteiger partial charge in [-0.15, -0.1) is 0 Å². The van der Waals surface area contributed by atoms with Gasteiger partial charge in [-0.2, -0.15) is 0 Å². The van der Waals surface area contributed by atoms with E-state index >= 15 is 0 Å². The highest BCUT2D eigenvalue weighted by atomic mass is 17.5. The zero-order chi connectivity index (χ0) is 31.8. The van der Waals surface area contributed by atoms with Gasteiger partial charge in [-0.05, 0) is 63.1 Å². The Hall–Kier alpha value is -4.56. The Morgan fingerprint density at radius 3 is 1.30 bits per heavy atom. The van der Waals surface area contributed by atoms with Gasteiger partial charge in [-0.1, -0.05) is 50.7 Å². The number of hydrogen-bond donors (Lipinski definition) is 0. The van der Waals surface area contributed by atoms with Crippen LogP contribution in [0.2, 0.25) is 0 Å². The van der Waals surface area contributed by atoms with Crippen LogP contribution >= 0.6 is 0 Å². The summed E-state index contributed by atoms with van der Waals surface area (Å²) >= 11 is 0. The van der Waals surface area contributed by atoms with Crippen molar-refractivity contribution in [3.63, 3.8) is 0 Å². The highest BCUT2D eigenvalue weighted by Crippen LogP contribution is 2.16. The van der Waals surface area contributed by atoms with Crippen molar-refractivity contribution < 1.29 is 67.8 Å². The minimum absolute atomic E-state index is 0.129. The lowest BCUT2D eigenvalue weighted by Gasteiger charge is -2.06. The van der Waals surface area contributed by atoms with Crippen LogP contribution in [-0.4, -0.2) is 50.7 Å². The minimum Gasteiger partial charge on any atom is -0.494 e. The van der Waals surface area contributed by atoms with E-state index < -0.39 is 24.2 Å². The smallest absolute Gasteiger partial charge is 0.494 e. The van der Waals surface area contributed by atoms with Crippen molar-refractivity contribution in [2.75, 3.05) is 26.4 Å². The summed E-state index contributed by atoms with van der Waals surface area (Å²) in [6.07, 6.45) is 4.58. The van der Waals surface area contributed by atoms with E-state index in [1.807, 2.05) is 13.8 Å². The highest BCUT2D eigenvalue weighted by Gasteiger charge is 2.14. The fraction of sp³-hybridized carbons (Fsp3) is 0.467. The average molecular weight is 623 g/mol. The Labute approximate surface area is 255 Å². The van der Waals surface area contributed by atoms with Crippen LogP contribution in [0.15, 0.2) is 48.5 Å². The van der Waals surface area contributed by atoms with E-state index in [1.54, 1.807) is 24.3 Å². The Bertz CT molecular complexity index is 1060. The molecule has 0 heterocycles. The molecule has 0 amide bonds. The van der Waals surface area contributed by atoms with Crippen LogP contribution in [0.5, 0.6) is 11.5 Å². The van der Waals surface area contributed by atoms with Gasteiger partial charge in [0, 0.05) is 0 Å². The van der Waals surface area contributed by atoms with Gasteiger partial charge >= 0.3 is 24.2 Å². The van der Waals surface area contributed by atoms with Crippen LogP contribution < -0.4 is 9.47 Å². The summed E-state index contributed by atoms with van der Waals surface area (Å²) in [7, 11) is 0.